The minimum atomic E-state index is -0.0553. The van der Waals surface area contributed by atoms with E-state index >= 15 is 0 Å². The van der Waals surface area contributed by atoms with E-state index in [1.54, 1.807) is 17.4 Å². The Morgan fingerprint density at radius 2 is 2.24 bits per heavy atom. The summed E-state index contributed by atoms with van der Waals surface area (Å²) >= 11 is 1.60. The van der Waals surface area contributed by atoms with E-state index in [2.05, 4.69) is 10.3 Å². The lowest BCUT2D eigenvalue weighted by Gasteiger charge is -2.31. The number of hydrogen-bond donors (Lipinski definition) is 2. The van der Waals surface area contributed by atoms with Crippen molar-refractivity contribution in [3.63, 3.8) is 0 Å². The molecule has 3 rings (SSSR count). The van der Waals surface area contributed by atoms with Crippen molar-refractivity contribution in [2.45, 2.75) is 45.3 Å². The molecule has 5 nitrogen and oxygen atoms in total. The summed E-state index contributed by atoms with van der Waals surface area (Å²) in [4.78, 5) is 17.0. The van der Waals surface area contributed by atoms with Crippen molar-refractivity contribution in [3.8, 4) is 5.75 Å². The molecule has 2 unspecified atom stereocenters. The average Bonchev–Trinajstić information content (AvgIpc) is 3.06. The first-order valence-corrected chi connectivity index (χ1v) is 9.68. The Labute approximate surface area is 152 Å². The number of amides is 1. The van der Waals surface area contributed by atoms with Gasteiger partial charge in [-0.2, -0.15) is 0 Å². The Kier molecular flexibility index (Phi) is 6.04. The minimum Gasteiger partial charge on any atom is -0.487 e. The van der Waals surface area contributed by atoms with Gasteiger partial charge in [0.25, 0.3) is 5.91 Å². The summed E-state index contributed by atoms with van der Waals surface area (Å²) in [5.74, 6) is 1.00. The van der Waals surface area contributed by atoms with E-state index in [9.17, 15) is 4.79 Å². The largest absolute Gasteiger partial charge is 0.487 e. The van der Waals surface area contributed by atoms with E-state index < -0.39 is 0 Å². The molecule has 2 aromatic rings. The molecular formula is C19H25N3O2S. The van der Waals surface area contributed by atoms with Crippen molar-refractivity contribution in [1.29, 1.82) is 0 Å². The van der Waals surface area contributed by atoms with Crippen LogP contribution in [-0.2, 0) is 6.61 Å². The number of aromatic nitrogens is 1. The lowest BCUT2D eigenvalue weighted by molar-refractivity contribution is 0.0907. The molecule has 0 aliphatic heterocycles. The van der Waals surface area contributed by atoms with E-state index in [1.165, 1.54) is 6.42 Å². The second-order valence-electron chi connectivity index (χ2n) is 6.53. The number of nitrogens with zero attached hydrogens (tertiary/aromatic N) is 1. The van der Waals surface area contributed by atoms with Gasteiger partial charge in [0.2, 0.25) is 0 Å². The zero-order valence-electron chi connectivity index (χ0n) is 14.5. The fraction of sp³-hybridized carbons (Fsp3) is 0.474. The highest BCUT2D eigenvalue weighted by Gasteiger charge is 2.25. The fourth-order valence-electron chi connectivity index (χ4n) is 3.29. The van der Waals surface area contributed by atoms with E-state index in [1.807, 2.05) is 30.5 Å². The van der Waals surface area contributed by atoms with Gasteiger partial charge < -0.3 is 15.8 Å². The van der Waals surface area contributed by atoms with Crippen molar-refractivity contribution in [2.24, 2.45) is 11.7 Å². The lowest BCUT2D eigenvalue weighted by Crippen LogP contribution is -2.44. The number of nitrogens with two attached hydrogens (primary N) is 1. The van der Waals surface area contributed by atoms with Gasteiger partial charge in [-0.05, 0) is 50.4 Å². The summed E-state index contributed by atoms with van der Waals surface area (Å²) in [7, 11) is 0. The number of carbonyl (C=O) groups is 1. The van der Waals surface area contributed by atoms with Gasteiger partial charge in [-0.1, -0.05) is 18.9 Å². The zero-order valence-corrected chi connectivity index (χ0v) is 15.3. The van der Waals surface area contributed by atoms with Crippen LogP contribution < -0.4 is 15.8 Å². The smallest absolute Gasteiger partial charge is 0.251 e. The number of thiazole rings is 1. The first kappa shape index (κ1) is 17.9. The van der Waals surface area contributed by atoms with E-state index in [-0.39, 0.29) is 11.9 Å². The van der Waals surface area contributed by atoms with Crippen molar-refractivity contribution < 1.29 is 9.53 Å². The molecule has 1 aliphatic rings. The van der Waals surface area contributed by atoms with Crippen molar-refractivity contribution in [1.82, 2.24) is 10.3 Å². The number of rotatable bonds is 6. The highest BCUT2D eigenvalue weighted by atomic mass is 32.1. The van der Waals surface area contributed by atoms with Gasteiger partial charge in [0, 0.05) is 17.0 Å². The van der Waals surface area contributed by atoms with Gasteiger partial charge in [-0.25, -0.2) is 4.98 Å². The topological polar surface area (TPSA) is 77.2 Å². The number of carbonyl (C=O) groups excluding carboxylic acids is 1. The minimum absolute atomic E-state index is 0.0553. The Morgan fingerprint density at radius 1 is 1.40 bits per heavy atom. The van der Waals surface area contributed by atoms with Crippen LogP contribution in [0, 0.1) is 12.8 Å². The van der Waals surface area contributed by atoms with E-state index in [0.717, 1.165) is 30.0 Å². The summed E-state index contributed by atoms with van der Waals surface area (Å²) in [6.07, 6.45) is 4.45. The number of ether oxygens (including phenoxy) is 1. The van der Waals surface area contributed by atoms with Crippen LogP contribution in [0.5, 0.6) is 5.75 Å². The molecule has 1 amide bonds. The molecule has 0 saturated heterocycles. The third kappa shape index (κ3) is 4.80. The van der Waals surface area contributed by atoms with Crippen molar-refractivity contribution in [3.05, 3.63) is 45.9 Å². The molecule has 1 heterocycles. The molecule has 25 heavy (non-hydrogen) atoms. The number of benzene rings is 1. The maximum Gasteiger partial charge on any atom is 0.251 e. The van der Waals surface area contributed by atoms with Crippen molar-refractivity contribution in [2.75, 3.05) is 6.54 Å². The van der Waals surface area contributed by atoms with Crippen molar-refractivity contribution >= 4 is 17.2 Å². The lowest BCUT2D eigenvalue weighted by atomic mass is 9.84. The van der Waals surface area contributed by atoms with Gasteiger partial charge in [0.05, 0.1) is 10.7 Å². The first-order chi connectivity index (χ1) is 12.2. The normalized spacial score (nSPS) is 20.2. The molecule has 134 valence electrons. The van der Waals surface area contributed by atoms with Crippen LogP contribution >= 0.6 is 11.3 Å². The Hall–Kier alpha value is -1.92. The molecule has 6 heteroatoms. The van der Waals surface area contributed by atoms with Gasteiger partial charge >= 0.3 is 0 Å². The predicted molar refractivity (Wildman–Crippen MR) is 99.9 cm³/mol. The molecule has 0 bridgehead atoms. The molecule has 1 fully saturated rings. The summed E-state index contributed by atoms with van der Waals surface area (Å²) in [6.45, 7) is 3.01. The Bertz CT molecular complexity index is 716. The predicted octanol–water partition coefficient (Wildman–Crippen LogP) is 3.28. The molecule has 1 saturated carbocycles. The molecule has 1 aromatic carbocycles. The van der Waals surface area contributed by atoms with Gasteiger partial charge in [0.1, 0.15) is 12.4 Å². The second-order valence-corrected chi connectivity index (χ2v) is 7.60. The summed E-state index contributed by atoms with van der Waals surface area (Å²) < 4.78 is 5.77. The van der Waals surface area contributed by atoms with E-state index in [4.69, 9.17) is 10.5 Å². The van der Waals surface area contributed by atoms with Gasteiger partial charge in [-0.15, -0.1) is 11.3 Å². The second kappa shape index (κ2) is 8.45. The van der Waals surface area contributed by atoms with Crippen LogP contribution in [-0.4, -0.2) is 23.5 Å². The van der Waals surface area contributed by atoms with Crippen LogP contribution in [0.25, 0.3) is 0 Å². The molecule has 0 spiro atoms. The molecule has 3 N–H and O–H groups in total. The fourth-order valence-corrected chi connectivity index (χ4v) is 3.89. The molecule has 0 radical (unpaired) electrons. The standard InChI is InChI=1S/C19H25N3O2S/c1-13-21-16(12-25-13)11-24-17-7-4-6-14(9-17)19(23)22-18-8-3-2-5-15(18)10-20/h4,6-7,9,12,15,18H,2-3,5,8,10-11,20H2,1H3,(H,22,23). The van der Waals surface area contributed by atoms with E-state index in [0.29, 0.717) is 30.4 Å². The number of hydrogen-bond acceptors (Lipinski definition) is 5. The molecular weight excluding hydrogens is 334 g/mol. The summed E-state index contributed by atoms with van der Waals surface area (Å²) in [5.41, 5.74) is 7.38. The maximum atomic E-state index is 12.6. The summed E-state index contributed by atoms with van der Waals surface area (Å²) in [5, 5.41) is 6.17. The monoisotopic (exact) mass is 359 g/mol. The zero-order chi connectivity index (χ0) is 17.6. The number of aryl methyl sites for hydroxylation is 1. The highest BCUT2D eigenvalue weighted by molar-refractivity contribution is 7.09. The van der Waals surface area contributed by atoms with Crippen LogP contribution in [0.15, 0.2) is 29.6 Å². The summed E-state index contributed by atoms with van der Waals surface area (Å²) in [6, 6.07) is 7.48. The van der Waals surface area contributed by atoms with Crippen LogP contribution in [0.4, 0.5) is 0 Å². The molecule has 1 aromatic heterocycles. The third-order valence-electron chi connectivity index (χ3n) is 4.68. The average molecular weight is 359 g/mol. The van der Waals surface area contributed by atoms with Crippen LogP contribution in [0.2, 0.25) is 0 Å². The highest BCUT2D eigenvalue weighted by Crippen LogP contribution is 2.24. The maximum absolute atomic E-state index is 12.6. The SMILES string of the molecule is Cc1nc(COc2cccc(C(=O)NC3CCCCC3CN)c2)cs1. The van der Waals surface area contributed by atoms with Crippen LogP contribution in [0.3, 0.4) is 0 Å². The Morgan fingerprint density at radius 3 is 3.00 bits per heavy atom. The van der Waals surface area contributed by atoms with Gasteiger partial charge in [0.15, 0.2) is 0 Å². The van der Waals surface area contributed by atoms with Gasteiger partial charge in [-0.3, -0.25) is 4.79 Å². The third-order valence-corrected chi connectivity index (χ3v) is 5.50. The quantitative estimate of drug-likeness (QED) is 0.830. The Balaban J connectivity index is 1.60. The molecule has 1 aliphatic carbocycles. The number of nitrogens with one attached hydrogen (secondary N) is 1. The first-order valence-electron chi connectivity index (χ1n) is 8.80. The molecule has 2 atom stereocenters. The van der Waals surface area contributed by atoms with Crippen LogP contribution in [0.1, 0.15) is 46.7 Å².